The lowest BCUT2D eigenvalue weighted by Crippen LogP contribution is -2.02. The molecule has 0 radical (unpaired) electrons. The number of esters is 1. The molecule has 1 aromatic rings. The van der Waals surface area contributed by atoms with Gasteiger partial charge in [0.2, 0.25) is 0 Å². The maximum atomic E-state index is 11.4. The van der Waals surface area contributed by atoms with Gasteiger partial charge >= 0.3 is 5.97 Å². The van der Waals surface area contributed by atoms with Crippen LogP contribution in [0.25, 0.3) is 6.08 Å². The van der Waals surface area contributed by atoms with E-state index in [1.807, 2.05) is 6.92 Å². The SMILES string of the molecule is CCCCOC(=O)C=Cc1cc([N+](=O)[O-])cnc1NC. The molecule has 1 N–H and O–H groups in total. The molecule has 1 rings (SSSR count). The van der Waals surface area contributed by atoms with Crippen LogP contribution in [0.5, 0.6) is 0 Å². The first-order valence-corrected chi connectivity index (χ1v) is 6.25. The zero-order chi connectivity index (χ0) is 15.0. The lowest BCUT2D eigenvalue weighted by molar-refractivity contribution is -0.385. The van der Waals surface area contributed by atoms with E-state index in [0.29, 0.717) is 18.0 Å². The number of carbonyl (C=O) groups excluding carboxylic acids is 1. The second-order valence-corrected chi connectivity index (χ2v) is 3.99. The summed E-state index contributed by atoms with van der Waals surface area (Å²) in [5, 5.41) is 13.5. The monoisotopic (exact) mass is 279 g/mol. The Labute approximate surface area is 116 Å². The fourth-order valence-electron chi connectivity index (χ4n) is 1.43. The van der Waals surface area contributed by atoms with Crippen LogP contribution in [0, 0.1) is 10.1 Å². The van der Waals surface area contributed by atoms with Crippen molar-refractivity contribution in [2.24, 2.45) is 0 Å². The Balaban J connectivity index is 2.81. The number of anilines is 1. The van der Waals surface area contributed by atoms with Crippen molar-refractivity contribution >= 4 is 23.6 Å². The Morgan fingerprint density at radius 1 is 1.60 bits per heavy atom. The topological polar surface area (TPSA) is 94.4 Å². The third-order valence-corrected chi connectivity index (χ3v) is 2.49. The second-order valence-electron chi connectivity index (χ2n) is 3.99. The molecule has 7 nitrogen and oxygen atoms in total. The van der Waals surface area contributed by atoms with Crippen LogP contribution in [0.3, 0.4) is 0 Å². The fourth-order valence-corrected chi connectivity index (χ4v) is 1.43. The van der Waals surface area contributed by atoms with Gasteiger partial charge in [0.1, 0.15) is 12.0 Å². The van der Waals surface area contributed by atoms with Gasteiger partial charge in [-0.2, -0.15) is 0 Å². The number of carbonyl (C=O) groups is 1. The van der Waals surface area contributed by atoms with E-state index in [-0.39, 0.29) is 5.69 Å². The lowest BCUT2D eigenvalue weighted by Gasteiger charge is -2.03. The summed E-state index contributed by atoms with van der Waals surface area (Å²) in [6.07, 6.45) is 5.58. The Kier molecular flexibility index (Phi) is 6.15. The molecule has 0 bridgehead atoms. The van der Waals surface area contributed by atoms with Gasteiger partial charge in [-0.3, -0.25) is 10.1 Å². The minimum absolute atomic E-state index is 0.136. The maximum absolute atomic E-state index is 11.4. The molecule has 0 saturated heterocycles. The minimum Gasteiger partial charge on any atom is -0.463 e. The van der Waals surface area contributed by atoms with Gasteiger partial charge in [0.15, 0.2) is 0 Å². The fraction of sp³-hybridized carbons (Fsp3) is 0.385. The maximum Gasteiger partial charge on any atom is 0.330 e. The Morgan fingerprint density at radius 3 is 2.95 bits per heavy atom. The summed E-state index contributed by atoms with van der Waals surface area (Å²) in [4.78, 5) is 25.5. The smallest absolute Gasteiger partial charge is 0.330 e. The summed E-state index contributed by atoms with van der Waals surface area (Å²) >= 11 is 0. The van der Waals surface area contributed by atoms with E-state index in [1.165, 1.54) is 18.2 Å². The van der Waals surface area contributed by atoms with Gasteiger partial charge in [0, 0.05) is 24.8 Å². The third kappa shape index (κ3) is 4.68. The molecule has 0 atom stereocenters. The molecule has 0 unspecified atom stereocenters. The van der Waals surface area contributed by atoms with E-state index in [1.54, 1.807) is 7.05 Å². The summed E-state index contributed by atoms with van der Waals surface area (Å²) < 4.78 is 4.95. The Bertz CT molecular complexity index is 514. The summed E-state index contributed by atoms with van der Waals surface area (Å²) in [5.41, 5.74) is 0.317. The number of unbranched alkanes of at least 4 members (excludes halogenated alkanes) is 1. The highest BCUT2D eigenvalue weighted by molar-refractivity contribution is 5.88. The average Bonchev–Trinajstić information content (AvgIpc) is 2.45. The summed E-state index contributed by atoms with van der Waals surface area (Å²) in [7, 11) is 1.64. The van der Waals surface area contributed by atoms with E-state index in [9.17, 15) is 14.9 Å². The molecule has 0 aliphatic rings. The minimum atomic E-state index is -0.538. The predicted octanol–water partition coefficient (Wildman–Crippen LogP) is 2.39. The Hall–Kier alpha value is -2.44. The number of hydrogen-bond acceptors (Lipinski definition) is 6. The molecule has 0 fully saturated rings. The van der Waals surface area contributed by atoms with Crippen LogP contribution in [-0.4, -0.2) is 29.5 Å². The number of nitrogens with one attached hydrogen (secondary N) is 1. The molecule has 1 heterocycles. The van der Waals surface area contributed by atoms with Gasteiger partial charge in [0.25, 0.3) is 5.69 Å². The lowest BCUT2D eigenvalue weighted by atomic mass is 10.2. The second kappa shape index (κ2) is 7.88. The normalized spacial score (nSPS) is 10.5. The van der Waals surface area contributed by atoms with E-state index in [0.717, 1.165) is 19.0 Å². The number of aromatic nitrogens is 1. The van der Waals surface area contributed by atoms with Crippen LogP contribution < -0.4 is 5.32 Å². The zero-order valence-electron chi connectivity index (χ0n) is 11.5. The molecule has 0 amide bonds. The molecule has 0 aliphatic carbocycles. The first-order valence-electron chi connectivity index (χ1n) is 6.25. The molecule has 108 valence electrons. The van der Waals surface area contributed by atoms with Crippen molar-refractivity contribution in [3.05, 3.63) is 34.0 Å². The standard InChI is InChI=1S/C13H17N3O4/c1-3-4-7-20-12(17)6-5-10-8-11(16(18)19)9-15-13(10)14-2/h5-6,8-9H,3-4,7H2,1-2H3,(H,14,15). The molecule has 0 spiro atoms. The van der Waals surface area contributed by atoms with E-state index in [4.69, 9.17) is 4.74 Å². The number of hydrogen-bond donors (Lipinski definition) is 1. The van der Waals surface area contributed by atoms with Gasteiger partial charge in [-0.1, -0.05) is 13.3 Å². The summed E-state index contributed by atoms with van der Waals surface area (Å²) in [6, 6.07) is 1.34. The highest BCUT2D eigenvalue weighted by atomic mass is 16.6. The summed E-state index contributed by atoms with van der Waals surface area (Å²) in [5.74, 6) is -0.0276. The van der Waals surface area contributed by atoms with Crippen molar-refractivity contribution in [2.75, 3.05) is 19.0 Å². The van der Waals surface area contributed by atoms with Gasteiger partial charge in [0.05, 0.1) is 11.5 Å². The van der Waals surface area contributed by atoms with Crippen molar-refractivity contribution in [3.63, 3.8) is 0 Å². The van der Waals surface area contributed by atoms with Crippen molar-refractivity contribution in [2.45, 2.75) is 19.8 Å². The van der Waals surface area contributed by atoms with Gasteiger partial charge < -0.3 is 10.1 Å². The van der Waals surface area contributed by atoms with Crippen LogP contribution in [0.1, 0.15) is 25.3 Å². The third-order valence-electron chi connectivity index (χ3n) is 2.49. The van der Waals surface area contributed by atoms with Crippen LogP contribution in [0.15, 0.2) is 18.3 Å². The largest absolute Gasteiger partial charge is 0.463 e. The van der Waals surface area contributed by atoms with Crippen molar-refractivity contribution in [1.82, 2.24) is 4.98 Å². The number of nitro groups is 1. The van der Waals surface area contributed by atoms with E-state index >= 15 is 0 Å². The van der Waals surface area contributed by atoms with E-state index < -0.39 is 10.9 Å². The molecule has 0 saturated carbocycles. The van der Waals surface area contributed by atoms with Gasteiger partial charge in [-0.05, 0) is 12.5 Å². The van der Waals surface area contributed by atoms with Crippen LogP contribution in [0.4, 0.5) is 11.5 Å². The Morgan fingerprint density at radius 2 is 2.35 bits per heavy atom. The predicted molar refractivity (Wildman–Crippen MR) is 75.3 cm³/mol. The van der Waals surface area contributed by atoms with Crippen molar-refractivity contribution < 1.29 is 14.5 Å². The van der Waals surface area contributed by atoms with Crippen LogP contribution in [0.2, 0.25) is 0 Å². The van der Waals surface area contributed by atoms with Crippen molar-refractivity contribution in [3.8, 4) is 0 Å². The molecule has 1 aromatic heterocycles. The van der Waals surface area contributed by atoms with E-state index in [2.05, 4.69) is 10.3 Å². The number of rotatable bonds is 7. The highest BCUT2D eigenvalue weighted by Crippen LogP contribution is 2.20. The molecule has 7 heteroatoms. The first kappa shape index (κ1) is 15.6. The summed E-state index contributed by atoms with van der Waals surface area (Å²) in [6.45, 7) is 2.36. The van der Waals surface area contributed by atoms with Crippen LogP contribution >= 0.6 is 0 Å². The van der Waals surface area contributed by atoms with Crippen LogP contribution in [-0.2, 0) is 9.53 Å². The number of ether oxygens (including phenoxy) is 1. The molecule has 0 aliphatic heterocycles. The van der Waals surface area contributed by atoms with Gasteiger partial charge in [-0.15, -0.1) is 0 Å². The van der Waals surface area contributed by atoms with Crippen molar-refractivity contribution in [1.29, 1.82) is 0 Å². The quantitative estimate of drug-likeness (QED) is 0.271. The number of pyridine rings is 1. The molecule has 0 aromatic carbocycles. The first-order chi connectivity index (χ1) is 9.58. The molecular formula is C13H17N3O4. The highest BCUT2D eigenvalue weighted by Gasteiger charge is 2.10. The average molecular weight is 279 g/mol. The number of nitrogens with zero attached hydrogens (tertiary/aromatic N) is 2. The zero-order valence-corrected chi connectivity index (χ0v) is 11.5. The molecular weight excluding hydrogens is 262 g/mol. The van der Waals surface area contributed by atoms with Gasteiger partial charge in [-0.25, -0.2) is 9.78 Å². The molecule has 20 heavy (non-hydrogen) atoms.